The van der Waals surface area contributed by atoms with Gasteiger partial charge in [0.1, 0.15) is 0 Å². The monoisotopic (exact) mass is 210 g/mol. The van der Waals surface area contributed by atoms with Crippen molar-refractivity contribution in [2.24, 2.45) is 7.05 Å². The molecule has 1 saturated carbocycles. The number of hydrogen-bond donors (Lipinski definition) is 1. The smallest absolute Gasteiger partial charge is 0.358 e. The van der Waals surface area contributed by atoms with Crippen LogP contribution in [0, 0.1) is 0 Å². The minimum absolute atomic E-state index is 0.306. The summed E-state index contributed by atoms with van der Waals surface area (Å²) in [5, 5.41) is 13.8. The molecule has 0 radical (unpaired) electrons. The number of rotatable bonds is 3. The Morgan fingerprint density at radius 1 is 1.73 bits per heavy atom. The fraction of sp³-hybridized carbons (Fsp3) is 0.600. The highest BCUT2D eigenvalue weighted by Gasteiger charge is 2.41. The molecule has 0 amide bonds. The van der Waals surface area contributed by atoms with Gasteiger partial charge in [0.15, 0.2) is 5.69 Å². The summed E-state index contributed by atoms with van der Waals surface area (Å²) in [6.07, 6.45) is 3.82. The summed E-state index contributed by atoms with van der Waals surface area (Å²) in [7, 11) is 3.07. The van der Waals surface area contributed by atoms with Crippen LogP contribution in [0.2, 0.25) is 0 Å². The van der Waals surface area contributed by atoms with Gasteiger partial charge in [0.2, 0.25) is 0 Å². The van der Waals surface area contributed by atoms with E-state index < -0.39 is 11.6 Å². The van der Waals surface area contributed by atoms with E-state index in [0.29, 0.717) is 12.1 Å². The number of aliphatic hydroxyl groups is 1. The summed E-state index contributed by atoms with van der Waals surface area (Å²) in [6, 6.07) is 0. The molecule has 1 aromatic rings. The molecule has 0 saturated heterocycles. The predicted octanol–water partition coefficient (Wildman–Crippen LogP) is 0.274. The Bertz CT molecular complexity index is 393. The van der Waals surface area contributed by atoms with Crippen molar-refractivity contribution in [2.75, 3.05) is 7.11 Å². The molecular formula is C10H14N2O3. The molecule has 5 heteroatoms. The SMILES string of the molecule is COC(=O)c1nn(C)cc1CC1(O)CC1. The number of carbonyl (C=O) groups is 1. The van der Waals surface area contributed by atoms with Crippen molar-refractivity contribution >= 4 is 5.97 Å². The summed E-state index contributed by atoms with van der Waals surface area (Å²) >= 11 is 0. The number of aryl methyl sites for hydroxylation is 1. The first-order chi connectivity index (χ1) is 7.04. The molecule has 0 unspecified atom stereocenters. The number of carbonyl (C=O) groups excluding carboxylic acids is 1. The zero-order valence-corrected chi connectivity index (χ0v) is 8.86. The second kappa shape index (κ2) is 3.34. The van der Waals surface area contributed by atoms with Gasteiger partial charge in [-0.25, -0.2) is 4.79 Å². The maximum atomic E-state index is 11.4. The second-order valence-electron chi connectivity index (χ2n) is 4.07. The maximum Gasteiger partial charge on any atom is 0.358 e. The lowest BCUT2D eigenvalue weighted by molar-refractivity contribution is 0.0591. The van der Waals surface area contributed by atoms with Crippen molar-refractivity contribution < 1.29 is 14.6 Å². The van der Waals surface area contributed by atoms with Gasteiger partial charge in [0.05, 0.1) is 12.7 Å². The highest BCUT2D eigenvalue weighted by molar-refractivity contribution is 5.88. The molecule has 0 spiro atoms. The number of ether oxygens (including phenoxy) is 1. The van der Waals surface area contributed by atoms with Gasteiger partial charge in [-0.05, 0) is 12.8 Å². The van der Waals surface area contributed by atoms with Crippen LogP contribution in [0.5, 0.6) is 0 Å². The summed E-state index contributed by atoms with van der Waals surface area (Å²) in [4.78, 5) is 11.4. The Labute approximate surface area is 87.7 Å². The Morgan fingerprint density at radius 2 is 2.40 bits per heavy atom. The van der Waals surface area contributed by atoms with Crippen LogP contribution in [0.4, 0.5) is 0 Å². The molecule has 0 aromatic carbocycles. The van der Waals surface area contributed by atoms with E-state index in [-0.39, 0.29) is 0 Å². The van der Waals surface area contributed by atoms with Crippen molar-refractivity contribution in [1.29, 1.82) is 0 Å². The van der Waals surface area contributed by atoms with Crippen molar-refractivity contribution in [1.82, 2.24) is 9.78 Å². The van der Waals surface area contributed by atoms with Gasteiger partial charge in [0.25, 0.3) is 0 Å². The number of nitrogens with zero attached hydrogens (tertiary/aromatic N) is 2. The van der Waals surface area contributed by atoms with Crippen LogP contribution in [0.1, 0.15) is 28.9 Å². The van der Waals surface area contributed by atoms with Crippen LogP contribution >= 0.6 is 0 Å². The van der Waals surface area contributed by atoms with Crippen molar-refractivity contribution in [2.45, 2.75) is 24.9 Å². The highest BCUT2D eigenvalue weighted by atomic mass is 16.5. The zero-order valence-electron chi connectivity index (χ0n) is 8.86. The Balaban J connectivity index is 2.25. The van der Waals surface area contributed by atoms with Gasteiger partial charge >= 0.3 is 5.97 Å². The van der Waals surface area contributed by atoms with E-state index in [2.05, 4.69) is 9.84 Å². The summed E-state index contributed by atoms with van der Waals surface area (Å²) in [5.41, 5.74) is 0.441. The lowest BCUT2D eigenvalue weighted by Crippen LogP contribution is -2.14. The van der Waals surface area contributed by atoms with E-state index in [9.17, 15) is 9.90 Å². The van der Waals surface area contributed by atoms with E-state index in [1.165, 1.54) is 7.11 Å². The number of hydrogen-bond acceptors (Lipinski definition) is 4. The van der Waals surface area contributed by atoms with Crippen LogP contribution in [0.15, 0.2) is 6.20 Å². The number of esters is 1. The topological polar surface area (TPSA) is 64.3 Å². The molecule has 1 heterocycles. The van der Waals surface area contributed by atoms with Crippen molar-refractivity contribution in [3.8, 4) is 0 Å². The summed E-state index contributed by atoms with van der Waals surface area (Å²) in [6.45, 7) is 0. The molecule has 2 rings (SSSR count). The van der Waals surface area contributed by atoms with E-state index in [1.807, 2.05) is 0 Å². The van der Waals surface area contributed by atoms with E-state index in [4.69, 9.17) is 0 Å². The first-order valence-corrected chi connectivity index (χ1v) is 4.87. The first-order valence-electron chi connectivity index (χ1n) is 4.87. The van der Waals surface area contributed by atoms with Crippen LogP contribution < -0.4 is 0 Å². The third-order valence-electron chi connectivity index (χ3n) is 2.63. The largest absolute Gasteiger partial charge is 0.464 e. The first kappa shape index (κ1) is 10.2. The minimum Gasteiger partial charge on any atom is -0.464 e. The standard InChI is InChI=1S/C10H14N2O3/c1-12-6-7(5-10(14)3-4-10)8(11-12)9(13)15-2/h6,14H,3-5H2,1-2H3. The van der Waals surface area contributed by atoms with Gasteiger partial charge in [-0.1, -0.05) is 0 Å². The highest BCUT2D eigenvalue weighted by Crippen LogP contribution is 2.38. The van der Waals surface area contributed by atoms with E-state index in [0.717, 1.165) is 18.4 Å². The summed E-state index contributed by atoms with van der Waals surface area (Å²) < 4.78 is 6.19. The molecular weight excluding hydrogens is 196 g/mol. The van der Waals surface area contributed by atoms with E-state index >= 15 is 0 Å². The lowest BCUT2D eigenvalue weighted by atomic mass is 10.1. The lowest BCUT2D eigenvalue weighted by Gasteiger charge is -2.05. The molecule has 5 nitrogen and oxygen atoms in total. The normalized spacial score (nSPS) is 17.5. The predicted molar refractivity (Wildman–Crippen MR) is 52.4 cm³/mol. The van der Waals surface area contributed by atoms with Crippen LogP contribution in [-0.4, -0.2) is 33.6 Å². The molecule has 1 aliphatic carbocycles. The third kappa shape index (κ3) is 2.02. The number of aromatic nitrogens is 2. The van der Waals surface area contributed by atoms with Gasteiger partial charge in [0, 0.05) is 25.2 Å². The van der Waals surface area contributed by atoms with Gasteiger partial charge in [-0.15, -0.1) is 0 Å². The van der Waals surface area contributed by atoms with Gasteiger partial charge in [-0.2, -0.15) is 5.10 Å². The molecule has 0 aliphatic heterocycles. The minimum atomic E-state index is -0.619. The molecule has 15 heavy (non-hydrogen) atoms. The molecule has 1 N–H and O–H groups in total. The molecule has 1 fully saturated rings. The molecule has 0 atom stereocenters. The Kier molecular flexibility index (Phi) is 2.26. The summed E-state index contributed by atoms with van der Waals surface area (Å²) in [5.74, 6) is -0.449. The average Bonchev–Trinajstić information content (AvgIpc) is 2.79. The zero-order chi connectivity index (χ0) is 11.1. The van der Waals surface area contributed by atoms with Crippen LogP contribution in [0.3, 0.4) is 0 Å². The Morgan fingerprint density at radius 3 is 2.93 bits per heavy atom. The third-order valence-corrected chi connectivity index (χ3v) is 2.63. The van der Waals surface area contributed by atoms with Gasteiger partial charge < -0.3 is 9.84 Å². The molecule has 1 aliphatic rings. The fourth-order valence-corrected chi connectivity index (χ4v) is 1.61. The van der Waals surface area contributed by atoms with E-state index in [1.54, 1.807) is 17.9 Å². The quantitative estimate of drug-likeness (QED) is 0.727. The molecule has 82 valence electrons. The molecule has 0 bridgehead atoms. The van der Waals surface area contributed by atoms with Crippen LogP contribution in [0.25, 0.3) is 0 Å². The fourth-order valence-electron chi connectivity index (χ4n) is 1.61. The molecule has 1 aromatic heterocycles. The van der Waals surface area contributed by atoms with Crippen LogP contribution in [-0.2, 0) is 18.2 Å². The number of methoxy groups -OCH3 is 1. The van der Waals surface area contributed by atoms with Gasteiger partial charge in [-0.3, -0.25) is 4.68 Å². The van der Waals surface area contributed by atoms with Crippen molar-refractivity contribution in [3.05, 3.63) is 17.5 Å². The van der Waals surface area contributed by atoms with Crippen molar-refractivity contribution in [3.63, 3.8) is 0 Å². The maximum absolute atomic E-state index is 11.4. The average molecular weight is 210 g/mol. The second-order valence-corrected chi connectivity index (χ2v) is 4.07. The Hall–Kier alpha value is -1.36.